The number of ketones is 1. The van der Waals surface area contributed by atoms with Crippen molar-refractivity contribution in [1.82, 2.24) is 14.7 Å². The number of thiophene rings is 1. The highest BCUT2D eigenvalue weighted by Gasteiger charge is 2.43. The number of likely N-dealkylation sites (tertiary alicyclic amines) is 1. The van der Waals surface area contributed by atoms with Gasteiger partial charge in [0.1, 0.15) is 6.04 Å². The summed E-state index contributed by atoms with van der Waals surface area (Å²) in [5.74, 6) is 0.636. The van der Waals surface area contributed by atoms with Crippen LogP contribution in [0.2, 0.25) is 5.02 Å². The van der Waals surface area contributed by atoms with Gasteiger partial charge in [-0.05, 0) is 111 Å². The summed E-state index contributed by atoms with van der Waals surface area (Å²) in [6.45, 7) is 4.63. The van der Waals surface area contributed by atoms with Crippen molar-refractivity contribution >= 4 is 40.7 Å². The van der Waals surface area contributed by atoms with Crippen LogP contribution in [0.3, 0.4) is 0 Å². The van der Waals surface area contributed by atoms with Crippen molar-refractivity contribution in [3.05, 3.63) is 87.6 Å². The Balaban J connectivity index is 1.11. The SMILES string of the molecule is NCCCC[C@@H](CC1CCC2(CC1)CCN(Cc1ccccc1)C2)C(=O)N1CCN(C(=O)Oc2ccccc2Cl)C[C@H]1C(=O)CCc1cccs1. The van der Waals surface area contributed by atoms with Gasteiger partial charge in [-0.15, -0.1) is 11.3 Å². The maximum absolute atomic E-state index is 14.6. The largest absolute Gasteiger partial charge is 0.415 e. The molecular weight excluding hydrogens is 680 g/mol. The molecule has 2 N–H and O–H groups in total. The minimum Gasteiger partial charge on any atom is -0.409 e. The van der Waals surface area contributed by atoms with Crippen LogP contribution in [0.25, 0.3) is 0 Å². The van der Waals surface area contributed by atoms with Crippen molar-refractivity contribution in [2.24, 2.45) is 23.0 Å². The van der Waals surface area contributed by atoms with E-state index < -0.39 is 12.1 Å². The minimum absolute atomic E-state index is 0.0198. The van der Waals surface area contributed by atoms with Crippen molar-refractivity contribution < 1.29 is 19.1 Å². The van der Waals surface area contributed by atoms with Gasteiger partial charge in [0.2, 0.25) is 5.91 Å². The lowest BCUT2D eigenvalue weighted by molar-refractivity contribution is -0.146. The molecule has 1 aromatic heterocycles. The third kappa shape index (κ3) is 10.0. The van der Waals surface area contributed by atoms with Crippen LogP contribution in [0.5, 0.6) is 5.75 Å². The molecule has 8 nitrogen and oxygen atoms in total. The van der Waals surface area contributed by atoms with Gasteiger partial charge < -0.3 is 20.3 Å². The molecule has 0 unspecified atom stereocenters. The number of unbranched alkanes of at least 4 members (excludes halogenated alkanes) is 1. The first-order chi connectivity index (χ1) is 24.8. The van der Waals surface area contributed by atoms with Crippen molar-refractivity contribution in [2.45, 2.75) is 83.2 Å². The number of ether oxygens (including phenoxy) is 1. The molecule has 6 rings (SSSR count). The van der Waals surface area contributed by atoms with E-state index in [1.807, 2.05) is 17.5 Å². The van der Waals surface area contributed by atoms with Gasteiger partial charge in [-0.1, -0.05) is 66.6 Å². The van der Waals surface area contributed by atoms with E-state index in [2.05, 4.69) is 35.2 Å². The van der Waals surface area contributed by atoms with E-state index in [9.17, 15) is 14.4 Å². The Labute approximate surface area is 312 Å². The molecule has 3 fully saturated rings. The molecule has 2 amide bonds. The zero-order valence-electron chi connectivity index (χ0n) is 29.7. The molecular formula is C41H53ClN4O4S. The molecule has 1 spiro atoms. The van der Waals surface area contributed by atoms with Gasteiger partial charge >= 0.3 is 6.09 Å². The number of halogens is 1. The summed E-state index contributed by atoms with van der Waals surface area (Å²) in [4.78, 5) is 48.9. The van der Waals surface area contributed by atoms with Crippen LogP contribution in [0, 0.1) is 17.3 Å². The topological polar surface area (TPSA) is 96.2 Å². The predicted octanol–water partition coefficient (Wildman–Crippen LogP) is 7.83. The predicted molar refractivity (Wildman–Crippen MR) is 204 cm³/mol. The summed E-state index contributed by atoms with van der Waals surface area (Å²) in [5.41, 5.74) is 7.65. The first kappa shape index (κ1) is 37.5. The Hall–Kier alpha value is -3.24. The third-order valence-corrected chi connectivity index (χ3v) is 12.7. The smallest absolute Gasteiger partial charge is 0.409 e. The van der Waals surface area contributed by atoms with Gasteiger partial charge in [0.25, 0.3) is 0 Å². The number of hydrogen-bond acceptors (Lipinski definition) is 7. The van der Waals surface area contributed by atoms with Crippen LogP contribution in [-0.4, -0.2) is 77.8 Å². The number of hydrogen-bond donors (Lipinski definition) is 1. The number of carbonyl (C=O) groups excluding carboxylic acids is 3. The Morgan fingerprint density at radius 2 is 1.73 bits per heavy atom. The molecule has 1 aliphatic carbocycles. The normalized spacial score (nSPS) is 23.0. The number of carbonyl (C=O) groups is 3. The van der Waals surface area contributed by atoms with Gasteiger partial charge in [0.15, 0.2) is 11.5 Å². The van der Waals surface area contributed by atoms with E-state index >= 15 is 0 Å². The fraction of sp³-hybridized carbons (Fsp3) is 0.537. The summed E-state index contributed by atoms with van der Waals surface area (Å²) < 4.78 is 5.64. The van der Waals surface area contributed by atoms with Gasteiger partial charge in [0.05, 0.1) is 11.6 Å². The maximum Gasteiger partial charge on any atom is 0.415 e. The monoisotopic (exact) mass is 732 g/mol. The second-order valence-corrected chi connectivity index (χ2v) is 16.4. The molecule has 3 aromatic rings. The number of benzene rings is 2. The lowest BCUT2D eigenvalue weighted by Gasteiger charge is -2.42. The van der Waals surface area contributed by atoms with E-state index in [-0.39, 0.29) is 29.9 Å². The summed E-state index contributed by atoms with van der Waals surface area (Å²) in [5, 5.41) is 2.35. The second-order valence-electron chi connectivity index (χ2n) is 14.9. The highest BCUT2D eigenvalue weighted by molar-refractivity contribution is 7.09. The number of piperazine rings is 1. The quantitative estimate of drug-likeness (QED) is 0.170. The number of Topliss-reactive ketones (excluding diaryl/α,β-unsaturated/α-hetero) is 1. The fourth-order valence-corrected chi connectivity index (χ4v) is 9.38. The first-order valence-corrected chi connectivity index (χ1v) is 20.1. The third-order valence-electron chi connectivity index (χ3n) is 11.4. The molecule has 10 heteroatoms. The standard InChI is InChI=1S/C41H53ClN4O4S/c42-35-13-4-5-14-38(35)50-40(49)45-24-25-46(36(29-45)37(47)16-15-34-12-8-26-51-34)39(48)33(11-6-7-22-43)27-31-17-19-41(20-18-31)21-23-44(30-41)28-32-9-2-1-3-10-32/h1-5,8-10,12-14,26,31,33,36H,6-7,11,15-25,27-30,43H2/t31?,33-,36-,41?/m0/s1. The molecule has 51 heavy (non-hydrogen) atoms. The Morgan fingerprint density at radius 3 is 2.47 bits per heavy atom. The first-order valence-electron chi connectivity index (χ1n) is 18.9. The average Bonchev–Trinajstić information content (AvgIpc) is 3.82. The lowest BCUT2D eigenvalue weighted by atomic mass is 9.68. The summed E-state index contributed by atoms with van der Waals surface area (Å²) >= 11 is 7.89. The summed E-state index contributed by atoms with van der Waals surface area (Å²) in [6.07, 6.45) is 9.71. The Morgan fingerprint density at radius 1 is 0.941 bits per heavy atom. The summed E-state index contributed by atoms with van der Waals surface area (Å²) in [6, 6.07) is 20.9. The fourth-order valence-electron chi connectivity index (χ4n) is 8.49. The zero-order chi connectivity index (χ0) is 35.6. The van der Waals surface area contributed by atoms with E-state index in [1.165, 1.54) is 24.8 Å². The molecule has 2 aliphatic heterocycles. The average molecular weight is 733 g/mol. The van der Waals surface area contributed by atoms with Gasteiger partial charge in [-0.3, -0.25) is 14.5 Å². The molecule has 2 aromatic carbocycles. The molecule has 3 aliphatic rings. The summed E-state index contributed by atoms with van der Waals surface area (Å²) in [7, 11) is 0. The number of nitrogens with two attached hydrogens (primary N) is 1. The van der Waals surface area contributed by atoms with Crippen LogP contribution >= 0.6 is 22.9 Å². The van der Waals surface area contributed by atoms with Crippen molar-refractivity contribution in [1.29, 1.82) is 0 Å². The highest BCUT2D eigenvalue weighted by Crippen LogP contribution is 2.47. The highest BCUT2D eigenvalue weighted by atomic mass is 35.5. The molecule has 2 atom stereocenters. The van der Waals surface area contributed by atoms with Crippen molar-refractivity contribution in [3.63, 3.8) is 0 Å². The van der Waals surface area contributed by atoms with E-state index in [1.54, 1.807) is 45.4 Å². The lowest BCUT2D eigenvalue weighted by Crippen LogP contribution is -2.60. The number of nitrogens with zero attached hydrogens (tertiary/aromatic N) is 3. The van der Waals surface area contributed by atoms with Crippen LogP contribution in [0.1, 0.15) is 74.6 Å². The van der Waals surface area contributed by atoms with Gasteiger partial charge in [-0.2, -0.15) is 0 Å². The van der Waals surface area contributed by atoms with Crippen molar-refractivity contribution in [3.8, 4) is 5.75 Å². The van der Waals surface area contributed by atoms with Gasteiger partial charge in [-0.25, -0.2) is 4.79 Å². The molecule has 3 heterocycles. The maximum atomic E-state index is 14.6. The minimum atomic E-state index is -0.717. The molecule has 2 saturated heterocycles. The van der Waals surface area contributed by atoms with Gasteiger partial charge in [0, 0.05) is 43.4 Å². The zero-order valence-corrected chi connectivity index (χ0v) is 31.3. The molecule has 1 saturated carbocycles. The second kappa shape index (κ2) is 18.0. The van der Waals surface area contributed by atoms with E-state index in [0.717, 1.165) is 63.0 Å². The molecule has 0 bridgehead atoms. The van der Waals surface area contributed by atoms with E-state index in [4.69, 9.17) is 22.1 Å². The van der Waals surface area contributed by atoms with E-state index in [0.29, 0.717) is 48.8 Å². The van der Waals surface area contributed by atoms with Crippen LogP contribution in [0.4, 0.5) is 4.79 Å². The number of rotatable bonds is 14. The van der Waals surface area contributed by atoms with Crippen LogP contribution < -0.4 is 10.5 Å². The Kier molecular flexibility index (Phi) is 13.2. The molecule has 0 radical (unpaired) electrons. The molecule has 274 valence electrons. The Bertz CT molecular complexity index is 1580. The number of aryl methyl sites for hydroxylation is 1. The van der Waals surface area contributed by atoms with Crippen LogP contribution in [-0.2, 0) is 22.6 Å². The number of amides is 2. The van der Waals surface area contributed by atoms with Crippen LogP contribution in [0.15, 0.2) is 72.1 Å². The number of para-hydroxylation sites is 1. The van der Waals surface area contributed by atoms with Crippen molar-refractivity contribution in [2.75, 3.05) is 39.3 Å².